The lowest BCUT2D eigenvalue weighted by molar-refractivity contribution is 1.14. The normalized spacial score (nSPS) is 11.0. The first-order valence-corrected chi connectivity index (χ1v) is 6.28. The quantitative estimate of drug-likeness (QED) is 0.724. The van der Waals surface area contributed by atoms with Gasteiger partial charge in [0.25, 0.3) is 0 Å². The topological polar surface area (TPSA) is 77.6 Å². The summed E-state index contributed by atoms with van der Waals surface area (Å²) in [5.74, 6) is 1.02. The highest BCUT2D eigenvalue weighted by Crippen LogP contribution is 2.33. The molecule has 0 aliphatic carbocycles. The van der Waals surface area contributed by atoms with E-state index in [1.807, 2.05) is 6.92 Å². The number of nitrogens with two attached hydrogens (primary N) is 1. The first-order valence-electron chi connectivity index (χ1n) is 5.46. The number of fused-ring (bicyclic) bond motifs is 1. The van der Waals surface area contributed by atoms with Crippen molar-refractivity contribution in [3.8, 4) is 11.5 Å². The molecular weight excluding hydrogens is 246 g/mol. The predicted molar refractivity (Wildman–Crippen MR) is 72.3 cm³/mol. The zero-order chi connectivity index (χ0) is 12.7. The molecule has 0 aromatic carbocycles. The molecule has 5 nitrogen and oxygen atoms in total. The summed E-state index contributed by atoms with van der Waals surface area (Å²) in [7, 11) is 0. The van der Waals surface area contributed by atoms with Crippen LogP contribution in [0.4, 0.5) is 5.82 Å². The van der Waals surface area contributed by atoms with Gasteiger partial charge in [-0.15, -0.1) is 11.3 Å². The molecule has 0 aliphatic rings. The summed E-state index contributed by atoms with van der Waals surface area (Å²) in [5.41, 5.74) is 7.80. The van der Waals surface area contributed by atoms with Crippen molar-refractivity contribution in [3.63, 3.8) is 0 Å². The second-order valence-corrected chi connectivity index (χ2v) is 5.19. The number of hydrogen-bond acceptors (Lipinski definition) is 6. The first kappa shape index (κ1) is 11.0. The van der Waals surface area contributed by atoms with Crippen molar-refractivity contribution < 1.29 is 0 Å². The first-order chi connectivity index (χ1) is 8.66. The highest BCUT2D eigenvalue weighted by molar-refractivity contribution is 7.18. The maximum atomic E-state index is 6.02. The number of nitrogen functional groups attached to an aromatic ring is 1. The van der Waals surface area contributed by atoms with Gasteiger partial charge in [-0.05, 0) is 19.4 Å². The van der Waals surface area contributed by atoms with Crippen molar-refractivity contribution in [2.45, 2.75) is 13.8 Å². The van der Waals surface area contributed by atoms with E-state index in [1.165, 1.54) is 4.88 Å². The van der Waals surface area contributed by atoms with E-state index in [0.29, 0.717) is 17.3 Å². The molecule has 2 N–H and O–H groups in total. The fourth-order valence-electron chi connectivity index (χ4n) is 1.81. The summed E-state index contributed by atoms with van der Waals surface area (Å²) in [5, 5.41) is 0.949. The van der Waals surface area contributed by atoms with E-state index in [1.54, 1.807) is 29.9 Å². The molecule has 6 heteroatoms. The number of aryl methyl sites for hydroxylation is 2. The van der Waals surface area contributed by atoms with Gasteiger partial charge < -0.3 is 5.73 Å². The Bertz CT molecular complexity index is 720. The van der Waals surface area contributed by atoms with Crippen LogP contribution in [0.1, 0.15) is 10.4 Å². The van der Waals surface area contributed by atoms with Crippen LogP contribution in [0.5, 0.6) is 0 Å². The van der Waals surface area contributed by atoms with Gasteiger partial charge in [0.2, 0.25) is 0 Å². The molecule has 3 heterocycles. The van der Waals surface area contributed by atoms with Crippen LogP contribution in [-0.2, 0) is 0 Å². The van der Waals surface area contributed by atoms with Crippen molar-refractivity contribution in [2.24, 2.45) is 0 Å². The third-order valence-electron chi connectivity index (χ3n) is 2.85. The Balaban J connectivity index is 2.28. The Morgan fingerprint density at radius 1 is 1.17 bits per heavy atom. The molecule has 0 spiro atoms. The molecule has 0 bridgehead atoms. The van der Waals surface area contributed by atoms with Gasteiger partial charge in [-0.25, -0.2) is 15.0 Å². The van der Waals surface area contributed by atoms with Gasteiger partial charge in [-0.2, -0.15) is 0 Å². The maximum Gasteiger partial charge on any atom is 0.183 e. The van der Waals surface area contributed by atoms with Crippen molar-refractivity contribution >= 4 is 27.4 Å². The minimum Gasteiger partial charge on any atom is -0.383 e. The molecule has 0 aliphatic heterocycles. The van der Waals surface area contributed by atoms with Gasteiger partial charge in [0.05, 0.1) is 11.6 Å². The molecule has 90 valence electrons. The Hall–Kier alpha value is -2.08. The van der Waals surface area contributed by atoms with Crippen LogP contribution in [0.3, 0.4) is 0 Å². The molecule has 0 radical (unpaired) electrons. The second-order valence-electron chi connectivity index (χ2n) is 3.99. The van der Waals surface area contributed by atoms with E-state index in [9.17, 15) is 0 Å². The van der Waals surface area contributed by atoms with Crippen LogP contribution in [0.25, 0.3) is 21.7 Å². The van der Waals surface area contributed by atoms with Crippen molar-refractivity contribution in [3.05, 3.63) is 29.0 Å². The van der Waals surface area contributed by atoms with E-state index in [4.69, 9.17) is 5.73 Å². The minimum atomic E-state index is 0.502. The lowest BCUT2D eigenvalue weighted by Crippen LogP contribution is -1.98. The molecule has 3 aromatic heterocycles. The number of hydrogen-bond donors (Lipinski definition) is 1. The lowest BCUT2D eigenvalue weighted by Gasteiger charge is -2.01. The molecule has 0 atom stereocenters. The molecule has 0 fully saturated rings. The number of aromatic nitrogens is 4. The van der Waals surface area contributed by atoms with E-state index in [2.05, 4.69) is 26.9 Å². The molecule has 3 rings (SSSR count). The Labute approximate surface area is 108 Å². The SMILES string of the molecule is Cc1sc2nc(-c3cnccn3)nc(N)c2c1C. The zero-order valence-electron chi connectivity index (χ0n) is 10.0. The van der Waals surface area contributed by atoms with Crippen LogP contribution < -0.4 is 5.73 Å². The van der Waals surface area contributed by atoms with E-state index in [-0.39, 0.29) is 0 Å². The molecule has 18 heavy (non-hydrogen) atoms. The van der Waals surface area contributed by atoms with Crippen molar-refractivity contribution in [1.82, 2.24) is 19.9 Å². The van der Waals surface area contributed by atoms with E-state index < -0.39 is 0 Å². The number of rotatable bonds is 1. The highest BCUT2D eigenvalue weighted by atomic mass is 32.1. The molecule has 3 aromatic rings. The van der Waals surface area contributed by atoms with Crippen LogP contribution in [0.2, 0.25) is 0 Å². The molecule has 0 saturated heterocycles. The van der Waals surface area contributed by atoms with Gasteiger partial charge in [-0.3, -0.25) is 4.98 Å². The molecular formula is C12H11N5S. The Kier molecular flexibility index (Phi) is 2.45. The monoisotopic (exact) mass is 257 g/mol. The average molecular weight is 257 g/mol. The predicted octanol–water partition coefficient (Wildman–Crippen LogP) is 2.35. The average Bonchev–Trinajstić information content (AvgIpc) is 2.66. The second kappa shape index (κ2) is 3.99. The molecule has 0 amide bonds. The van der Waals surface area contributed by atoms with Gasteiger partial charge in [0.15, 0.2) is 5.82 Å². The summed E-state index contributed by atoms with van der Waals surface area (Å²) in [6.45, 7) is 4.10. The van der Waals surface area contributed by atoms with Crippen LogP contribution in [0.15, 0.2) is 18.6 Å². The Morgan fingerprint density at radius 3 is 2.72 bits per heavy atom. The third-order valence-corrected chi connectivity index (χ3v) is 3.95. The number of nitrogens with zero attached hydrogens (tertiary/aromatic N) is 4. The van der Waals surface area contributed by atoms with E-state index >= 15 is 0 Å². The number of anilines is 1. The highest BCUT2D eigenvalue weighted by Gasteiger charge is 2.13. The van der Waals surface area contributed by atoms with Crippen molar-refractivity contribution in [1.29, 1.82) is 0 Å². The molecule has 0 unspecified atom stereocenters. The van der Waals surface area contributed by atoms with Gasteiger partial charge in [-0.1, -0.05) is 0 Å². The number of thiophene rings is 1. The summed E-state index contributed by atoms with van der Waals surface area (Å²) in [6.07, 6.45) is 4.86. The third kappa shape index (κ3) is 1.62. The van der Waals surface area contributed by atoms with Gasteiger partial charge in [0.1, 0.15) is 16.3 Å². The molecule has 0 saturated carbocycles. The van der Waals surface area contributed by atoms with Gasteiger partial charge in [0, 0.05) is 17.3 Å². The summed E-state index contributed by atoms with van der Waals surface area (Å²) >= 11 is 1.62. The van der Waals surface area contributed by atoms with Crippen LogP contribution in [-0.4, -0.2) is 19.9 Å². The summed E-state index contributed by atoms with van der Waals surface area (Å²) in [4.78, 5) is 19.1. The largest absolute Gasteiger partial charge is 0.383 e. The fourth-order valence-corrected chi connectivity index (χ4v) is 2.85. The summed E-state index contributed by atoms with van der Waals surface area (Å²) < 4.78 is 0. The summed E-state index contributed by atoms with van der Waals surface area (Å²) in [6, 6.07) is 0. The standard InChI is InChI=1S/C12H11N5S/c1-6-7(2)18-12-9(6)10(13)16-11(17-12)8-5-14-3-4-15-8/h3-5H,1-2H3,(H2,13,16,17). The van der Waals surface area contributed by atoms with Crippen molar-refractivity contribution in [2.75, 3.05) is 5.73 Å². The maximum absolute atomic E-state index is 6.02. The Morgan fingerprint density at radius 2 is 2.00 bits per heavy atom. The van der Waals surface area contributed by atoms with Crippen LogP contribution >= 0.6 is 11.3 Å². The van der Waals surface area contributed by atoms with E-state index in [0.717, 1.165) is 15.8 Å². The smallest absolute Gasteiger partial charge is 0.183 e. The zero-order valence-corrected chi connectivity index (χ0v) is 10.8. The van der Waals surface area contributed by atoms with Gasteiger partial charge >= 0.3 is 0 Å². The van der Waals surface area contributed by atoms with Crippen LogP contribution in [0, 0.1) is 13.8 Å². The fraction of sp³-hybridized carbons (Fsp3) is 0.167. The lowest BCUT2D eigenvalue weighted by atomic mass is 10.2. The minimum absolute atomic E-state index is 0.502.